The van der Waals surface area contributed by atoms with Crippen molar-refractivity contribution in [2.24, 2.45) is 0 Å². The number of aryl methyl sites for hydroxylation is 4. The Labute approximate surface area is 831 Å². The number of methoxy groups -OCH3 is 4. The van der Waals surface area contributed by atoms with E-state index in [0.29, 0.717) is 77.5 Å². The second-order valence-electron chi connectivity index (χ2n) is 29.6. The molecule has 29 heteroatoms. The van der Waals surface area contributed by atoms with Gasteiger partial charge in [0.1, 0.15) is 121 Å². The molecule has 14 rings (SSSR count). The van der Waals surface area contributed by atoms with Gasteiger partial charge in [-0.25, -0.2) is 19.2 Å². The molecule has 1 saturated heterocycles. The molecule has 726 valence electrons. The minimum absolute atomic E-state index is 0.00641. The van der Waals surface area contributed by atoms with Crippen LogP contribution in [0.2, 0.25) is 0 Å². The second kappa shape index (κ2) is 63.1. The molecule has 13 aromatic carbocycles. The summed E-state index contributed by atoms with van der Waals surface area (Å²) in [5, 5.41) is 79.8. The average molecular weight is 2080 g/mol. The van der Waals surface area contributed by atoms with Gasteiger partial charge in [0, 0.05) is 65.4 Å². The Balaban J connectivity index is 0.000000280. The first-order chi connectivity index (χ1) is 66.1. The quantitative estimate of drug-likeness (QED) is 0.00576. The number of aliphatic carboxylic acids is 1. The van der Waals surface area contributed by atoms with Crippen LogP contribution in [-0.2, 0) is 40.5 Å². The molecule has 138 heavy (non-hydrogen) atoms. The number of esters is 2. The molecule has 0 saturated carbocycles. The lowest BCUT2D eigenvalue weighted by molar-refractivity contribution is -0.139. The van der Waals surface area contributed by atoms with E-state index in [-0.39, 0.29) is 55.9 Å². The van der Waals surface area contributed by atoms with Crippen LogP contribution < -0.4 is 48.1 Å². The molecule has 0 amide bonds. The number of carbonyl (C=O) groups excluding carboxylic acids is 3. The molecule has 1 aliphatic heterocycles. The van der Waals surface area contributed by atoms with Gasteiger partial charge in [-0.05, 0) is 243 Å². The highest BCUT2D eigenvalue weighted by molar-refractivity contribution is 9.11. The van der Waals surface area contributed by atoms with Crippen molar-refractivity contribution >= 4 is 84.4 Å². The molecule has 0 unspecified atom stereocenters. The summed E-state index contributed by atoms with van der Waals surface area (Å²) >= 11 is 10.1. The molecule has 1 heterocycles. The van der Waals surface area contributed by atoms with E-state index in [2.05, 4.69) is 120 Å². The number of ether oxygens (including phenoxy) is 12. The highest BCUT2D eigenvalue weighted by atomic mass is 79.9. The third kappa shape index (κ3) is 43.2. The molecular formula is C109H116BBr3O25. The van der Waals surface area contributed by atoms with E-state index in [1.807, 2.05) is 197 Å². The van der Waals surface area contributed by atoms with Crippen molar-refractivity contribution in [1.82, 2.24) is 0 Å². The molecule has 0 bridgehead atoms. The van der Waals surface area contributed by atoms with Crippen LogP contribution in [0.15, 0.2) is 337 Å². The van der Waals surface area contributed by atoms with E-state index < -0.39 is 31.2 Å². The number of cyclic esters (lactones) is 2. The Hall–Kier alpha value is -14.3. The van der Waals surface area contributed by atoms with Gasteiger partial charge in [-0.1, -0.05) is 213 Å². The zero-order valence-electron chi connectivity index (χ0n) is 78.7. The fourth-order valence-electron chi connectivity index (χ4n) is 11.3. The Morgan fingerprint density at radius 2 is 0.732 bits per heavy atom. The Morgan fingerprint density at radius 3 is 1.10 bits per heavy atom. The number of phenolic OH excluding ortho intramolecular Hbond substituents is 4. The van der Waals surface area contributed by atoms with Crippen LogP contribution in [0.3, 0.4) is 0 Å². The summed E-state index contributed by atoms with van der Waals surface area (Å²) in [5.74, 6) is 5.30. The summed E-state index contributed by atoms with van der Waals surface area (Å²) in [6, 6.07) is 89.4. The van der Waals surface area contributed by atoms with Gasteiger partial charge < -0.3 is 103 Å². The zero-order chi connectivity index (χ0) is 101. The molecular weight excluding hydrogens is 1960 g/mol. The predicted molar refractivity (Wildman–Crippen MR) is 550 cm³/mol. The van der Waals surface area contributed by atoms with Crippen molar-refractivity contribution in [3.8, 4) is 119 Å². The number of aliphatic hydroxyl groups is 2. The normalized spacial score (nSPS) is 10.3. The van der Waals surface area contributed by atoms with Gasteiger partial charge in [0.15, 0.2) is 0 Å². The van der Waals surface area contributed by atoms with Crippen LogP contribution in [0, 0.1) is 27.7 Å². The fourth-order valence-corrected chi connectivity index (χ4v) is 12.2. The van der Waals surface area contributed by atoms with Crippen molar-refractivity contribution in [1.29, 1.82) is 0 Å². The monoisotopic (exact) mass is 2070 g/mol. The van der Waals surface area contributed by atoms with Crippen LogP contribution in [0.4, 0.5) is 4.79 Å². The zero-order valence-corrected chi connectivity index (χ0v) is 83.4. The second-order valence-corrected chi connectivity index (χ2v) is 31.9. The van der Waals surface area contributed by atoms with E-state index in [0.717, 1.165) is 87.3 Å². The van der Waals surface area contributed by atoms with Gasteiger partial charge in [-0.3, -0.25) is 0 Å². The molecule has 1 aliphatic rings. The van der Waals surface area contributed by atoms with E-state index in [9.17, 15) is 29.4 Å². The lowest BCUT2D eigenvalue weighted by Gasteiger charge is -2.12. The maximum atomic E-state index is 11.7. The summed E-state index contributed by atoms with van der Waals surface area (Å²) in [6.07, 6.45) is -0.546. The predicted octanol–water partition coefficient (Wildman–Crippen LogP) is 22.5. The summed E-state index contributed by atoms with van der Waals surface area (Å²) in [5.41, 5.74) is 16.1. The number of halogens is 3. The lowest BCUT2D eigenvalue weighted by atomic mass is 9.80. The first-order valence-electron chi connectivity index (χ1n) is 42.7. The third-order valence-electron chi connectivity index (χ3n) is 18.6. The fraction of sp³-hybridized carbons (Fsp3) is 0.193. The maximum absolute atomic E-state index is 11.7. The van der Waals surface area contributed by atoms with Crippen molar-refractivity contribution in [2.75, 3.05) is 81.3 Å². The average Bonchev–Trinajstić information content (AvgIpc) is 0.998. The third-order valence-corrected chi connectivity index (χ3v) is 21.0. The van der Waals surface area contributed by atoms with Gasteiger partial charge in [-0.15, -0.1) is 0 Å². The molecule has 9 N–H and O–H groups in total. The Bertz CT molecular complexity index is 5790. The number of aliphatic hydroxyl groups excluding tert-OH is 2. The van der Waals surface area contributed by atoms with Crippen LogP contribution in [-0.4, -0.2) is 158 Å². The van der Waals surface area contributed by atoms with E-state index in [1.54, 1.807) is 96.9 Å². The number of benzene rings is 13. The van der Waals surface area contributed by atoms with Crippen LogP contribution in [0.25, 0.3) is 44.5 Å². The topological polar surface area (TPSA) is 361 Å². The standard InChI is InChI=1S/C23H24O6.C16H18O3.C15H16O4.C14H13BrO.C14H14O2.C7H7BrO.C7H7Br.C6H7BO3.C4H6O2.C3H4O3/c1-15(2)22(24)28-13-12-27-18-8-6-17(7-9-18)20-11-10-19(14-21(20)26-5)29-23(25)16(3)4;1-12-3-8-15(16(11-12)18-2)13-4-6-14(7-5-13)19-10-9-17;1-18-15-10-12(17)4-7-14(15)11-2-5-13(6-3-11)19-9-8-16;1-11-9-13(7-8-14(11)15)16-10-12-5-3-2-4-6-12;1-10-3-8-13(14(9-10)16-2)11-4-6-12(15)7-5-11;1-5-4-6(9)2-3-7(5)8;8-6-7-4-2-1-3-5-7;8-6-3-1-5(2-4-6)7(9)10;1-3(2)4(5)6;4-3-5-1-2-6-3/h6-11,14H,1,3,12-13H2,2,4-5H3;3-8,11,17H,9-10H2,1-2H3;2-7,10,16-17H,8-9H2,1H3;2-9H,10H2,1H3;3-9,15H,1-2H3;2-4,9H,1H3;1-5H,6H2;1-4,8-10H;1H2,2H3,(H,5,6);1-2H2. The highest BCUT2D eigenvalue weighted by Gasteiger charge is 2.16. The van der Waals surface area contributed by atoms with Crippen LogP contribution in [0.1, 0.15) is 54.2 Å². The number of phenols is 4. The van der Waals surface area contributed by atoms with E-state index >= 15 is 0 Å². The maximum Gasteiger partial charge on any atom is 0.508 e. The number of hydrogen-bond acceptors (Lipinski definition) is 24. The number of carboxylic acid groups (broad SMARTS) is 1. The largest absolute Gasteiger partial charge is 0.508 e. The van der Waals surface area contributed by atoms with Crippen molar-refractivity contribution in [3.63, 3.8) is 0 Å². The number of hydrogen-bond donors (Lipinski definition) is 9. The first kappa shape index (κ1) is 114. The summed E-state index contributed by atoms with van der Waals surface area (Å²) in [6.45, 7) is 25.4. The highest BCUT2D eigenvalue weighted by Crippen LogP contribution is 2.38. The number of rotatable bonds is 27. The molecule has 0 aliphatic carbocycles. The van der Waals surface area contributed by atoms with Crippen molar-refractivity contribution in [2.45, 2.75) is 60.4 Å². The number of carboxylic acids is 1. The van der Waals surface area contributed by atoms with Gasteiger partial charge in [0.05, 0.1) is 41.7 Å². The number of alkyl halides is 1. The molecule has 1 fully saturated rings. The molecule has 13 aromatic rings. The van der Waals surface area contributed by atoms with E-state index in [4.69, 9.17) is 82.9 Å². The molecule has 25 nitrogen and oxygen atoms in total. The minimum atomic E-state index is -1.46. The lowest BCUT2D eigenvalue weighted by Crippen LogP contribution is -2.29. The molecule has 0 radical (unpaired) electrons. The van der Waals surface area contributed by atoms with Crippen LogP contribution >= 0.6 is 47.8 Å². The van der Waals surface area contributed by atoms with Gasteiger partial charge in [0.25, 0.3) is 0 Å². The summed E-state index contributed by atoms with van der Waals surface area (Å²) in [7, 11) is 5.00. The molecule has 0 spiro atoms. The Kier molecular flexibility index (Phi) is 52.2. The summed E-state index contributed by atoms with van der Waals surface area (Å²) < 4.78 is 64.3. The number of carbonyl (C=O) groups is 4. The van der Waals surface area contributed by atoms with Crippen molar-refractivity contribution < 1.29 is 122 Å². The van der Waals surface area contributed by atoms with Gasteiger partial charge in [0.2, 0.25) is 0 Å². The van der Waals surface area contributed by atoms with Crippen molar-refractivity contribution in [3.05, 3.63) is 370 Å². The van der Waals surface area contributed by atoms with Gasteiger partial charge >= 0.3 is 31.2 Å². The Morgan fingerprint density at radius 1 is 0.384 bits per heavy atom. The SMILES string of the molecule is BrCc1ccccc1.C=C(C)C(=O)O.C=C(C)C(=O)OCCOc1ccc(-c2ccc(OC(=O)C(=C)C)cc2OC)cc1.COc1cc(C)ccc1-c1ccc(O)cc1.COc1cc(C)ccc1-c1ccc(OCCO)cc1.COc1cc(O)ccc1-c1ccc(OCCO)cc1.Cc1cc(O)ccc1Br.Cc1cc(OCc2ccccc2)ccc1Br.O=C1OCCO1.OB(O)c1ccc(O)cc1. The molecule has 0 aromatic heterocycles. The first-order valence-corrected chi connectivity index (χ1v) is 45.4. The minimum Gasteiger partial charge on any atom is -0.508 e. The number of aromatic hydroxyl groups is 4. The molecule has 0 atom stereocenters. The van der Waals surface area contributed by atoms with Crippen LogP contribution in [0.5, 0.6) is 74.7 Å². The van der Waals surface area contributed by atoms with E-state index in [1.165, 1.54) is 59.0 Å². The smallest absolute Gasteiger partial charge is 0.508 e. The summed E-state index contributed by atoms with van der Waals surface area (Å²) in [4.78, 5) is 42.4. The van der Waals surface area contributed by atoms with Gasteiger partial charge in [-0.2, -0.15) is 0 Å².